The molecule has 35 heavy (non-hydrogen) atoms. The van der Waals surface area contributed by atoms with E-state index in [1.54, 1.807) is 50.2 Å². The SMILES string of the molecule is CCOC(=O)c1c(-c2ccccc2)oc2ccc(OCC(=O)NNC(=O)c3ccccc3C)cc12. The van der Waals surface area contributed by atoms with Gasteiger partial charge in [0, 0.05) is 16.5 Å². The summed E-state index contributed by atoms with van der Waals surface area (Å²) < 4.78 is 16.8. The summed E-state index contributed by atoms with van der Waals surface area (Å²) in [6.45, 7) is 3.40. The number of hydrogen-bond donors (Lipinski definition) is 2. The van der Waals surface area contributed by atoms with Crippen molar-refractivity contribution < 1.29 is 28.3 Å². The van der Waals surface area contributed by atoms with Crippen LogP contribution in [-0.2, 0) is 9.53 Å². The second kappa shape index (κ2) is 10.6. The second-order valence-corrected chi connectivity index (χ2v) is 7.66. The number of hydrazine groups is 1. The van der Waals surface area contributed by atoms with Gasteiger partial charge in [-0.05, 0) is 43.7 Å². The van der Waals surface area contributed by atoms with Gasteiger partial charge in [-0.3, -0.25) is 20.4 Å². The molecule has 0 saturated heterocycles. The van der Waals surface area contributed by atoms with E-state index in [9.17, 15) is 14.4 Å². The topological polar surface area (TPSA) is 107 Å². The first-order valence-electron chi connectivity index (χ1n) is 11.0. The van der Waals surface area contributed by atoms with Crippen molar-refractivity contribution in [1.82, 2.24) is 10.9 Å². The average molecular weight is 472 g/mol. The quantitative estimate of drug-likeness (QED) is 0.305. The number of esters is 1. The zero-order valence-corrected chi connectivity index (χ0v) is 19.3. The monoisotopic (exact) mass is 472 g/mol. The summed E-state index contributed by atoms with van der Waals surface area (Å²) in [6, 6.07) is 21.2. The lowest BCUT2D eigenvalue weighted by Crippen LogP contribution is -2.44. The molecule has 4 aromatic rings. The van der Waals surface area contributed by atoms with Gasteiger partial charge in [0.15, 0.2) is 6.61 Å². The van der Waals surface area contributed by atoms with E-state index < -0.39 is 17.8 Å². The first kappa shape index (κ1) is 23.6. The van der Waals surface area contributed by atoms with Crippen LogP contribution in [0.4, 0.5) is 0 Å². The third-order valence-corrected chi connectivity index (χ3v) is 5.25. The lowest BCUT2D eigenvalue weighted by Gasteiger charge is -2.10. The Kier molecular flexibility index (Phi) is 7.11. The number of fused-ring (bicyclic) bond motifs is 1. The Morgan fingerprint density at radius 3 is 2.40 bits per heavy atom. The number of ether oxygens (including phenoxy) is 2. The molecule has 2 amide bonds. The molecule has 1 heterocycles. The van der Waals surface area contributed by atoms with Crippen molar-refractivity contribution in [2.45, 2.75) is 13.8 Å². The maximum absolute atomic E-state index is 12.8. The Balaban J connectivity index is 1.48. The van der Waals surface area contributed by atoms with Gasteiger partial charge in [0.1, 0.15) is 22.7 Å². The van der Waals surface area contributed by atoms with E-state index in [-0.39, 0.29) is 18.8 Å². The predicted octanol–water partition coefficient (Wildman–Crippen LogP) is 4.42. The van der Waals surface area contributed by atoms with Gasteiger partial charge in [0.2, 0.25) is 0 Å². The highest BCUT2D eigenvalue weighted by Gasteiger charge is 2.23. The molecule has 8 nitrogen and oxygen atoms in total. The molecular formula is C27H24N2O6. The fourth-order valence-electron chi connectivity index (χ4n) is 3.57. The molecule has 0 unspecified atom stereocenters. The highest BCUT2D eigenvalue weighted by Crippen LogP contribution is 2.36. The minimum absolute atomic E-state index is 0.213. The van der Waals surface area contributed by atoms with Crippen molar-refractivity contribution in [3.8, 4) is 17.1 Å². The van der Waals surface area contributed by atoms with Gasteiger partial charge in [-0.1, -0.05) is 48.5 Å². The summed E-state index contributed by atoms with van der Waals surface area (Å²) in [4.78, 5) is 37.2. The summed E-state index contributed by atoms with van der Waals surface area (Å²) in [5.41, 5.74) is 7.45. The third kappa shape index (κ3) is 5.33. The largest absolute Gasteiger partial charge is 0.484 e. The van der Waals surface area contributed by atoms with Crippen molar-refractivity contribution in [1.29, 1.82) is 0 Å². The van der Waals surface area contributed by atoms with Crippen molar-refractivity contribution in [2.75, 3.05) is 13.2 Å². The molecule has 0 saturated carbocycles. The van der Waals surface area contributed by atoms with Gasteiger partial charge in [0.05, 0.1) is 6.61 Å². The fourth-order valence-corrected chi connectivity index (χ4v) is 3.57. The average Bonchev–Trinajstić information content (AvgIpc) is 3.26. The molecule has 2 N–H and O–H groups in total. The summed E-state index contributed by atoms with van der Waals surface area (Å²) in [5, 5.41) is 0.507. The smallest absolute Gasteiger partial charge is 0.342 e. The maximum atomic E-state index is 12.8. The molecule has 0 spiro atoms. The van der Waals surface area contributed by atoms with Gasteiger partial charge in [0.25, 0.3) is 11.8 Å². The number of nitrogens with one attached hydrogen (secondary N) is 2. The van der Waals surface area contributed by atoms with Gasteiger partial charge in [-0.25, -0.2) is 4.79 Å². The standard InChI is InChI=1S/C27H24N2O6/c1-3-33-27(32)24-21-15-19(13-14-22(21)35-25(24)18-10-5-4-6-11-18)34-16-23(30)28-29-26(31)20-12-8-7-9-17(20)2/h4-15H,3,16H2,1-2H3,(H,28,30)(H,29,31). The molecule has 8 heteroatoms. The Morgan fingerprint density at radius 2 is 1.66 bits per heavy atom. The van der Waals surface area contributed by atoms with E-state index >= 15 is 0 Å². The van der Waals surface area contributed by atoms with E-state index in [0.717, 1.165) is 11.1 Å². The van der Waals surface area contributed by atoms with Gasteiger partial charge >= 0.3 is 5.97 Å². The second-order valence-electron chi connectivity index (χ2n) is 7.66. The molecule has 0 aliphatic carbocycles. The number of aryl methyl sites for hydroxylation is 1. The zero-order chi connectivity index (χ0) is 24.8. The molecule has 4 rings (SSSR count). The molecular weight excluding hydrogens is 448 g/mol. The first-order chi connectivity index (χ1) is 17.0. The first-order valence-corrected chi connectivity index (χ1v) is 11.0. The Morgan fingerprint density at radius 1 is 0.914 bits per heavy atom. The minimum Gasteiger partial charge on any atom is -0.484 e. The Labute approximate surface area is 201 Å². The molecule has 0 fully saturated rings. The molecule has 1 aromatic heterocycles. The van der Waals surface area contributed by atoms with E-state index in [2.05, 4.69) is 10.9 Å². The number of benzene rings is 3. The van der Waals surface area contributed by atoms with Crippen LogP contribution in [0.1, 0.15) is 33.2 Å². The number of hydrogen-bond acceptors (Lipinski definition) is 6. The van der Waals surface area contributed by atoms with Crippen LogP contribution < -0.4 is 15.6 Å². The van der Waals surface area contributed by atoms with Gasteiger partial charge < -0.3 is 13.9 Å². The van der Waals surface area contributed by atoms with Crippen LogP contribution in [-0.4, -0.2) is 31.0 Å². The highest BCUT2D eigenvalue weighted by molar-refractivity contribution is 6.09. The third-order valence-electron chi connectivity index (χ3n) is 5.25. The van der Waals surface area contributed by atoms with Crippen LogP contribution in [0, 0.1) is 6.92 Å². The van der Waals surface area contributed by atoms with Crippen LogP contribution >= 0.6 is 0 Å². The highest BCUT2D eigenvalue weighted by atomic mass is 16.5. The summed E-state index contributed by atoms with van der Waals surface area (Å²) >= 11 is 0. The van der Waals surface area contributed by atoms with Crippen molar-refractivity contribution in [3.05, 3.63) is 89.5 Å². The molecule has 0 aliphatic heterocycles. The van der Waals surface area contributed by atoms with Crippen LogP contribution in [0.25, 0.3) is 22.3 Å². The van der Waals surface area contributed by atoms with E-state index in [1.807, 2.05) is 36.4 Å². The normalized spacial score (nSPS) is 10.6. The number of carbonyl (C=O) groups is 3. The van der Waals surface area contributed by atoms with Crippen LogP contribution in [0.2, 0.25) is 0 Å². The molecule has 0 atom stereocenters. The number of rotatable bonds is 7. The summed E-state index contributed by atoms with van der Waals surface area (Å²) in [7, 11) is 0. The number of carbonyl (C=O) groups excluding carboxylic acids is 3. The van der Waals surface area contributed by atoms with E-state index in [4.69, 9.17) is 13.9 Å². The lowest BCUT2D eigenvalue weighted by atomic mass is 10.1. The predicted molar refractivity (Wildman–Crippen MR) is 130 cm³/mol. The van der Waals surface area contributed by atoms with Gasteiger partial charge in [-0.2, -0.15) is 0 Å². The molecule has 3 aromatic carbocycles. The van der Waals surface area contributed by atoms with Crippen LogP contribution in [0.3, 0.4) is 0 Å². The summed E-state index contributed by atoms with van der Waals surface area (Å²) in [6.07, 6.45) is 0. The summed E-state index contributed by atoms with van der Waals surface area (Å²) in [5.74, 6) is -0.741. The fraction of sp³-hybridized carbons (Fsp3) is 0.148. The lowest BCUT2D eigenvalue weighted by molar-refractivity contribution is -0.123. The van der Waals surface area contributed by atoms with Crippen molar-refractivity contribution in [2.24, 2.45) is 0 Å². The number of furan rings is 1. The Bertz CT molecular complexity index is 1380. The van der Waals surface area contributed by atoms with Gasteiger partial charge in [-0.15, -0.1) is 0 Å². The molecule has 0 radical (unpaired) electrons. The zero-order valence-electron chi connectivity index (χ0n) is 19.3. The van der Waals surface area contributed by atoms with Crippen LogP contribution in [0.5, 0.6) is 5.75 Å². The van der Waals surface area contributed by atoms with E-state index in [0.29, 0.717) is 28.0 Å². The maximum Gasteiger partial charge on any atom is 0.342 e. The Hall–Kier alpha value is -4.59. The molecule has 0 bridgehead atoms. The van der Waals surface area contributed by atoms with Crippen molar-refractivity contribution >= 4 is 28.8 Å². The number of amides is 2. The van der Waals surface area contributed by atoms with Crippen LogP contribution in [0.15, 0.2) is 77.2 Å². The molecule has 0 aliphatic rings. The minimum atomic E-state index is -0.546. The molecule has 178 valence electrons. The van der Waals surface area contributed by atoms with E-state index in [1.165, 1.54) is 0 Å². The van der Waals surface area contributed by atoms with Crippen molar-refractivity contribution in [3.63, 3.8) is 0 Å².